The number of rotatable bonds is 1. The van der Waals surface area contributed by atoms with Crippen molar-refractivity contribution in [2.24, 2.45) is 7.05 Å². The Morgan fingerprint density at radius 2 is 1.75 bits per heavy atom. The van der Waals surface area contributed by atoms with E-state index in [1.807, 2.05) is 37.4 Å². The van der Waals surface area contributed by atoms with Crippen LogP contribution in [0.5, 0.6) is 0 Å². The summed E-state index contributed by atoms with van der Waals surface area (Å²) < 4.78 is 4.28. The average molecular weight is 378 g/mol. The van der Waals surface area contributed by atoms with Gasteiger partial charge in [-0.25, -0.2) is 0 Å². The fraction of sp³-hybridized carbons (Fsp3) is 0.0526. The standard InChI is InChI=1S/C19H12BrN3O/c1-22-16-5-3-2-4-14(16)18-17(22)10-15(20)19(24)23(18)13-8-6-12(11-21)7-9-13/h2-10H,1H3. The van der Waals surface area contributed by atoms with Crippen molar-refractivity contribution >= 4 is 37.9 Å². The van der Waals surface area contributed by atoms with Crippen molar-refractivity contribution in [1.29, 1.82) is 5.26 Å². The largest absolute Gasteiger partial charge is 0.342 e. The van der Waals surface area contributed by atoms with Crippen LogP contribution in [0.1, 0.15) is 5.56 Å². The number of hydrogen-bond donors (Lipinski definition) is 0. The molecule has 24 heavy (non-hydrogen) atoms. The SMILES string of the molecule is Cn1c2ccccc2c2c1cc(Br)c(=O)n2-c1ccc(C#N)cc1. The first-order valence-corrected chi connectivity index (χ1v) is 8.20. The third-order valence-electron chi connectivity index (χ3n) is 4.27. The summed E-state index contributed by atoms with van der Waals surface area (Å²) in [7, 11) is 1.99. The van der Waals surface area contributed by atoms with Gasteiger partial charge in [0.15, 0.2) is 0 Å². The molecule has 0 bridgehead atoms. The molecule has 4 nitrogen and oxygen atoms in total. The van der Waals surface area contributed by atoms with E-state index in [0.29, 0.717) is 10.0 Å². The third kappa shape index (κ3) is 2.00. The lowest BCUT2D eigenvalue weighted by Gasteiger charge is -2.10. The van der Waals surface area contributed by atoms with E-state index in [1.54, 1.807) is 28.8 Å². The Labute approximate surface area is 146 Å². The number of aromatic nitrogens is 2. The van der Waals surface area contributed by atoms with Gasteiger partial charge in [0.05, 0.1) is 32.7 Å². The number of nitrogens with zero attached hydrogens (tertiary/aromatic N) is 3. The second-order valence-corrected chi connectivity index (χ2v) is 6.46. The Morgan fingerprint density at radius 3 is 2.46 bits per heavy atom. The summed E-state index contributed by atoms with van der Waals surface area (Å²) in [6.07, 6.45) is 0. The minimum absolute atomic E-state index is 0.122. The highest BCUT2D eigenvalue weighted by atomic mass is 79.9. The summed E-state index contributed by atoms with van der Waals surface area (Å²) in [4.78, 5) is 12.8. The lowest BCUT2D eigenvalue weighted by atomic mass is 10.2. The number of fused-ring (bicyclic) bond motifs is 3. The molecule has 4 rings (SSSR count). The number of hydrogen-bond acceptors (Lipinski definition) is 2. The van der Waals surface area contributed by atoms with E-state index in [2.05, 4.69) is 26.6 Å². The van der Waals surface area contributed by atoms with E-state index in [1.165, 1.54) is 0 Å². The van der Waals surface area contributed by atoms with Gasteiger partial charge in [-0.05, 0) is 52.3 Å². The van der Waals surface area contributed by atoms with E-state index < -0.39 is 0 Å². The van der Waals surface area contributed by atoms with Crippen LogP contribution in [0.15, 0.2) is 63.9 Å². The maximum atomic E-state index is 12.8. The zero-order valence-electron chi connectivity index (χ0n) is 12.8. The predicted octanol–water partition coefficient (Wildman–Crippen LogP) is 4.12. The Morgan fingerprint density at radius 1 is 1.04 bits per heavy atom. The van der Waals surface area contributed by atoms with E-state index >= 15 is 0 Å². The van der Waals surface area contributed by atoms with Crippen LogP contribution < -0.4 is 5.56 Å². The topological polar surface area (TPSA) is 50.7 Å². The summed E-state index contributed by atoms with van der Waals surface area (Å²) in [6.45, 7) is 0. The lowest BCUT2D eigenvalue weighted by Crippen LogP contribution is -2.19. The summed E-state index contributed by atoms with van der Waals surface area (Å²) in [5, 5.41) is 10.0. The molecule has 5 heteroatoms. The molecule has 0 radical (unpaired) electrons. The number of benzene rings is 2. The lowest BCUT2D eigenvalue weighted by molar-refractivity contribution is 0.990. The maximum Gasteiger partial charge on any atom is 0.270 e. The first-order valence-electron chi connectivity index (χ1n) is 7.41. The minimum atomic E-state index is -0.122. The molecule has 0 spiro atoms. The van der Waals surface area contributed by atoms with Crippen molar-refractivity contribution < 1.29 is 0 Å². The Bertz CT molecular complexity index is 1190. The molecule has 0 saturated carbocycles. The van der Waals surface area contributed by atoms with Gasteiger partial charge in [0.2, 0.25) is 0 Å². The molecule has 0 aliphatic carbocycles. The van der Waals surface area contributed by atoms with Gasteiger partial charge in [-0.1, -0.05) is 18.2 Å². The molecule has 2 aromatic carbocycles. The Balaban J connectivity index is 2.21. The second-order valence-electron chi connectivity index (χ2n) is 5.60. The molecule has 0 saturated heterocycles. The quantitative estimate of drug-likeness (QED) is 0.500. The molecular formula is C19H12BrN3O. The molecule has 0 aliphatic rings. The summed E-state index contributed by atoms with van der Waals surface area (Å²) in [6, 6.07) is 19.0. The zero-order chi connectivity index (χ0) is 16.8. The van der Waals surface area contributed by atoms with Gasteiger partial charge in [-0.2, -0.15) is 5.26 Å². The molecule has 116 valence electrons. The van der Waals surface area contributed by atoms with Crippen LogP contribution in [-0.2, 0) is 7.05 Å². The van der Waals surface area contributed by atoms with E-state index in [4.69, 9.17) is 5.26 Å². The number of aryl methyl sites for hydroxylation is 1. The number of para-hydroxylation sites is 1. The van der Waals surface area contributed by atoms with Gasteiger partial charge in [0.1, 0.15) is 0 Å². The first kappa shape index (κ1) is 14.7. The van der Waals surface area contributed by atoms with Crippen LogP contribution in [-0.4, -0.2) is 9.13 Å². The van der Waals surface area contributed by atoms with E-state index in [-0.39, 0.29) is 5.56 Å². The summed E-state index contributed by atoms with van der Waals surface area (Å²) >= 11 is 3.39. The molecule has 0 amide bonds. The maximum absolute atomic E-state index is 12.8. The molecule has 2 aromatic heterocycles. The molecule has 0 fully saturated rings. The van der Waals surface area contributed by atoms with Gasteiger partial charge in [-0.3, -0.25) is 9.36 Å². The Hall–Kier alpha value is -2.84. The van der Waals surface area contributed by atoms with Crippen LogP contribution in [0.4, 0.5) is 0 Å². The van der Waals surface area contributed by atoms with Crippen LogP contribution in [0.25, 0.3) is 27.6 Å². The molecule has 4 aromatic rings. The smallest absolute Gasteiger partial charge is 0.270 e. The van der Waals surface area contributed by atoms with Gasteiger partial charge in [-0.15, -0.1) is 0 Å². The highest BCUT2D eigenvalue weighted by Gasteiger charge is 2.16. The van der Waals surface area contributed by atoms with Crippen molar-refractivity contribution in [2.75, 3.05) is 0 Å². The van der Waals surface area contributed by atoms with Crippen molar-refractivity contribution in [2.45, 2.75) is 0 Å². The van der Waals surface area contributed by atoms with Crippen LogP contribution >= 0.6 is 15.9 Å². The highest BCUT2D eigenvalue weighted by Crippen LogP contribution is 2.30. The minimum Gasteiger partial charge on any atom is -0.342 e. The van der Waals surface area contributed by atoms with Crippen LogP contribution in [0.3, 0.4) is 0 Å². The van der Waals surface area contributed by atoms with E-state index in [0.717, 1.165) is 27.6 Å². The Kier molecular flexibility index (Phi) is 3.29. The van der Waals surface area contributed by atoms with Crippen LogP contribution in [0.2, 0.25) is 0 Å². The predicted molar refractivity (Wildman–Crippen MR) is 98.4 cm³/mol. The summed E-state index contributed by atoms with van der Waals surface area (Å²) in [5.74, 6) is 0. The fourth-order valence-electron chi connectivity index (χ4n) is 3.11. The molecule has 0 atom stereocenters. The van der Waals surface area contributed by atoms with Crippen molar-refractivity contribution in [3.8, 4) is 11.8 Å². The monoisotopic (exact) mass is 377 g/mol. The third-order valence-corrected chi connectivity index (χ3v) is 4.84. The van der Waals surface area contributed by atoms with Gasteiger partial charge in [0.25, 0.3) is 5.56 Å². The molecule has 0 aliphatic heterocycles. The summed E-state index contributed by atoms with van der Waals surface area (Å²) in [5.41, 5.74) is 4.08. The van der Waals surface area contributed by atoms with Crippen molar-refractivity contribution in [3.63, 3.8) is 0 Å². The van der Waals surface area contributed by atoms with Gasteiger partial charge >= 0.3 is 0 Å². The van der Waals surface area contributed by atoms with Crippen molar-refractivity contribution in [1.82, 2.24) is 9.13 Å². The second kappa shape index (κ2) is 5.36. The van der Waals surface area contributed by atoms with Gasteiger partial charge < -0.3 is 4.57 Å². The molecular weight excluding hydrogens is 366 g/mol. The zero-order valence-corrected chi connectivity index (χ0v) is 14.4. The number of pyridine rings is 1. The molecule has 0 unspecified atom stereocenters. The fourth-order valence-corrected chi connectivity index (χ4v) is 3.51. The number of halogens is 1. The highest BCUT2D eigenvalue weighted by molar-refractivity contribution is 9.10. The molecule has 2 heterocycles. The average Bonchev–Trinajstić information content (AvgIpc) is 2.89. The normalized spacial score (nSPS) is 11.0. The van der Waals surface area contributed by atoms with Gasteiger partial charge in [0, 0.05) is 18.1 Å². The van der Waals surface area contributed by atoms with E-state index in [9.17, 15) is 4.79 Å². The molecule has 0 N–H and O–H groups in total. The van der Waals surface area contributed by atoms with Crippen LogP contribution in [0, 0.1) is 11.3 Å². The number of nitriles is 1. The first-order chi connectivity index (χ1) is 11.6. The van der Waals surface area contributed by atoms with Crippen molar-refractivity contribution in [3.05, 3.63) is 75.0 Å².